The zero-order valence-electron chi connectivity index (χ0n) is 15.2. The van der Waals surface area contributed by atoms with Crippen LogP contribution in [0.5, 0.6) is 11.5 Å². The highest BCUT2D eigenvalue weighted by molar-refractivity contribution is 5.90. The maximum Gasteiger partial charge on any atom is 0.317 e. The van der Waals surface area contributed by atoms with Crippen LogP contribution in [0.15, 0.2) is 6.07 Å². The first kappa shape index (κ1) is 16.7. The third-order valence-electron chi connectivity index (χ3n) is 6.72. The van der Waals surface area contributed by atoms with Crippen LogP contribution in [0.2, 0.25) is 0 Å². The van der Waals surface area contributed by atoms with Gasteiger partial charge in [0.2, 0.25) is 0 Å². The van der Waals surface area contributed by atoms with E-state index in [2.05, 4.69) is 13.8 Å². The summed E-state index contributed by atoms with van der Waals surface area (Å²) >= 11 is 0. The van der Waals surface area contributed by atoms with Gasteiger partial charge in [0.05, 0.1) is 6.10 Å². The van der Waals surface area contributed by atoms with Crippen molar-refractivity contribution in [1.29, 1.82) is 0 Å². The third kappa shape index (κ3) is 1.85. The molecule has 0 unspecified atom stereocenters. The number of esters is 1. The molecular weight excluding hydrogens is 320 g/mol. The van der Waals surface area contributed by atoms with E-state index in [4.69, 9.17) is 4.74 Å². The minimum atomic E-state index is -1.08. The predicted molar refractivity (Wildman–Crippen MR) is 91.5 cm³/mol. The molecule has 2 fully saturated rings. The molecule has 5 heteroatoms. The molecule has 2 heterocycles. The first-order valence-electron chi connectivity index (χ1n) is 9.11. The molecule has 5 nitrogen and oxygen atoms in total. The molecule has 3 N–H and O–H groups in total. The van der Waals surface area contributed by atoms with Gasteiger partial charge in [-0.15, -0.1) is 0 Å². The maximum absolute atomic E-state index is 13.0. The van der Waals surface area contributed by atoms with Crippen molar-refractivity contribution >= 4 is 5.97 Å². The molecule has 4 aliphatic rings. The molecule has 1 aromatic rings. The van der Waals surface area contributed by atoms with E-state index in [9.17, 15) is 20.1 Å². The summed E-state index contributed by atoms with van der Waals surface area (Å²) in [5.41, 5.74) is 0.405. The Kier molecular flexibility index (Phi) is 3.28. The van der Waals surface area contributed by atoms with E-state index in [1.165, 1.54) is 0 Å². The van der Waals surface area contributed by atoms with Crippen molar-refractivity contribution in [2.45, 2.75) is 70.5 Å². The molecule has 136 valence electrons. The standard InChI is InChI=1S/C20H26O5/c1-9(2)10-8-11-12(14(22)13(10)21)20-7-5-6-19(3,4)17(20)15(23)16(11)25-18(20)24/h8-9,15-17,21-23H,5-7H2,1-4H3/t15-,16+,17-,20+/m0/s1. The molecule has 2 aliphatic heterocycles. The van der Waals surface area contributed by atoms with E-state index in [0.717, 1.165) is 12.8 Å². The van der Waals surface area contributed by atoms with Gasteiger partial charge >= 0.3 is 5.97 Å². The molecule has 0 amide bonds. The van der Waals surface area contributed by atoms with E-state index >= 15 is 0 Å². The number of phenolic OH excluding ortho intramolecular Hbond substituents is 2. The van der Waals surface area contributed by atoms with Crippen molar-refractivity contribution in [3.05, 3.63) is 22.8 Å². The summed E-state index contributed by atoms with van der Waals surface area (Å²) in [6.45, 7) is 7.98. The lowest BCUT2D eigenvalue weighted by Gasteiger charge is -2.60. The number of ether oxygens (including phenoxy) is 1. The number of phenols is 2. The highest BCUT2D eigenvalue weighted by Gasteiger charge is 2.68. The van der Waals surface area contributed by atoms with Crippen LogP contribution in [0, 0.1) is 11.3 Å². The summed E-state index contributed by atoms with van der Waals surface area (Å²) < 4.78 is 5.63. The first-order valence-corrected chi connectivity index (χ1v) is 9.11. The van der Waals surface area contributed by atoms with Gasteiger partial charge in [-0.05, 0) is 30.2 Å². The Balaban J connectivity index is 2.06. The van der Waals surface area contributed by atoms with Crippen LogP contribution in [-0.4, -0.2) is 27.4 Å². The van der Waals surface area contributed by atoms with Gasteiger partial charge in [-0.1, -0.05) is 34.1 Å². The molecule has 2 aliphatic carbocycles. The first-order chi connectivity index (χ1) is 11.6. The summed E-state index contributed by atoms with van der Waals surface area (Å²) in [6.07, 6.45) is 0.648. The van der Waals surface area contributed by atoms with Gasteiger partial charge in [0.25, 0.3) is 0 Å². The number of aliphatic hydroxyl groups excluding tert-OH is 1. The maximum atomic E-state index is 13.0. The number of fused-ring (bicyclic) bond motifs is 1. The van der Waals surface area contributed by atoms with Gasteiger partial charge < -0.3 is 20.1 Å². The molecule has 0 aromatic heterocycles. The largest absolute Gasteiger partial charge is 0.504 e. The Labute approximate surface area is 147 Å². The van der Waals surface area contributed by atoms with Crippen LogP contribution in [0.3, 0.4) is 0 Å². The molecule has 4 atom stereocenters. The van der Waals surface area contributed by atoms with Crippen molar-refractivity contribution in [2.24, 2.45) is 11.3 Å². The number of carbonyl (C=O) groups excluding carboxylic acids is 1. The zero-order chi connectivity index (χ0) is 18.3. The van der Waals surface area contributed by atoms with Gasteiger partial charge in [0, 0.05) is 22.6 Å². The SMILES string of the molecule is CC(C)c1cc2c(c(O)c1O)[C@]13CCCC(C)(C)[C@@H]1[C@@H](O)[C@@H]2OC3=O. The summed E-state index contributed by atoms with van der Waals surface area (Å²) in [7, 11) is 0. The number of hydrogen-bond acceptors (Lipinski definition) is 5. The fourth-order valence-corrected chi connectivity index (χ4v) is 5.71. The third-order valence-corrected chi connectivity index (χ3v) is 6.72. The lowest BCUT2D eigenvalue weighted by molar-refractivity contribution is -0.213. The van der Waals surface area contributed by atoms with Gasteiger partial charge in [0.1, 0.15) is 5.41 Å². The number of rotatable bonds is 1. The van der Waals surface area contributed by atoms with Crippen LogP contribution in [0.4, 0.5) is 0 Å². The van der Waals surface area contributed by atoms with Gasteiger partial charge in [0.15, 0.2) is 17.6 Å². The smallest absolute Gasteiger partial charge is 0.317 e. The van der Waals surface area contributed by atoms with Crippen molar-refractivity contribution in [2.75, 3.05) is 0 Å². The quantitative estimate of drug-likeness (QED) is 0.537. The minimum absolute atomic E-state index is 0.000547. The Bertz CT molecular complexity index is 766. The molecule has 2 bridgehead atoms. The topological polar surface area (TPSA) is 87.0 Å². The molecule has 0 radical (unpaired) electrons. The molecule has 1 aromatic carbocycles. The fourth-order valence-electron chi connectivity index (χ4n) is 5.71. The summed E-state index contributed by atoms with van der Waals surface area (Å²) in [4.78, 5) is 13.0. The number of aromatic hydroxyl groups is 2. The van der Waals surface area contributed by atoms with E-state index in [1.54, 1.807) is 6.07 Å². The van der Waals surface area contributed by atoms with Gasteiger partial charge in [-0.2, -0.15) is 0 Å². The molecule has 25 heavy (non-hydrogen) atoms. The predicted octanol–water partition coefficient (Wildman–Crippen LogP) is 3.26. The van der Waals surface area contributed by atoms with Crippen LogP contribution < -0.4 is 0 Å². The average Bonchev–Trinajstić information content (AvgIpc) is 2.51. The Hall–Kier alpha value is -1.75. The van der Waals surface area contributed by atoms with Gasteiger partial charge in [-0.25, -0.2) is 0 Å². The average molecular weight is 346 g/mol. The lowest BCUT2D eigenvalue weighted by atomic mass is 9.46. The van der Waals surface area contributed by atoms with Crippen LogP contribution >= 0.6 is 0 Å². The summed E-state index contributed by atoms with van der Waals surface area (Å²) in [5, 5.41) is 32.5. The lowest BCUT2D eigenvalue weighted by Crippen LogP contribution is -2.65. The summed E-state index contributed by atoms with van der Waals surface area (Å²) in [5.74, 6) is -1.07. The molecular formula is C20H26O5. The normalized spacial score (nSPS) is 35.3. The van der Waals surface area contributed by atoms with E-state index in [0.29, 0.717) is 23.1 Å². The van der Waals surface area contributed by atoms with Crippen LogP contribution in [0.1, 0.15) is 75.7 Å². The number of benzene rings is 1. The highest BCUT2D eigenvalue weighted by atomic mass is 16.6. The van der Waals surface area contributed by atoms with Crippen molar-refractivity contribution in [3.8, 4) is 11.5 Å². The van der Waals surface area contributed by atoms with Crippen molar-refractivity contribution in [3.63, 3.8) is 0 Å². The Morgan fingerprint density at radius 1 is 1.20 bits per heavy atom. The van der Waals surface area contributed by atoms with Crippen molar-refractivity contribution < 1.29 is 24.9 Å². The van der Waals surface area contributed by atoms with E-state index in [1.807, 2.05) is 13.8 Å². The second-order valence-corrected chi connectivity index (χ2v) is 8.89. The highest BCUT2D eigenvalue weighted by Crippen LogP contribution is 2.66. The molecule has 1 spiro atoms. The minimum Gasteiger partial charge on any atom is -0.504 e. The van der Waals surface area contributed by atoms with Crippen LogP contribution in [0.25, 0.3) is 0 Å². The monoisotopic (exact) mass is 346 g/mol. The van der Waals surface area contributed by atoms with E-state index in [-0.39, 0.29) is 34.7 Å². The Morgan fingerprint density at radius 3 is 2.52 bits per heavy atom. The van der Waals surface area contributed by atoms with Gasteiger partial charge in [-0.3, -0.25) is 4.79 Å². The van der Waals surface area contributed by atoms with Crippen LogP contribution in [-0.2, 0) is 14.9 Å². The molecule has 1 saturated carbocycles. The Morgan fingerprint density at radius 2 is 1.88 bits per heavy atom. The van der Waals surface area contributed by atoms with E-state index < -0.39 is 17.6 Å². The number of carbonyl (C=O) groups is 1. The van der Waals surface area contributed by atoms with Crippen molar-refractivity contribution in [1.82, 2.24) is 0 Å². The summed E-state index contributed by atoms with van der Waals surface area (Å²) in [6, 6.07) is 1.80. The zero-order valence-corrected chi connectivity index (χ0v) is 15.2. The fraction of sp³-hybridized carbons (Fsp3) is 0.650. The second-order valence-electron chi connectivity index (χ2n) is 8.89. The molecule has 1 saturated heterocycles. The number of hydrogen-bond donors (Lipinski definition) is 3. The second kappa shape index (κ2) is 4.91. The molecule has 5 rings (SSSR count). The number of aliphatic hydroxyl groups is 1.